The van der Waals surface area contributed by atoms with Crippen molar-refractivity contribution in [2.45, 2.75) is 46.7 Å². The molecule has 196 valence electrons. The molecule has 4 heterocycles. The highest BCUT2D eigenvalue weighted by Gasteiger charge is 2.27. The number of anilines is 1. The van der Waals surface area contributed by atoms with Crippen molar-refractivity contribution >= 4 is 50.7 Å². The molecule has 0 unspecified atom stereocenters. The highest BCUT2D eigenvalue weighted by atomic mass is 35.5. The first kappa shape index (κ1) is 26.5. The monoisotopic (exact) mass is 557 g/mol. The maximum absolute atomic E-state index is 13.7. The fraction of sp³-hybridized carbons (Fsp3) is 0.318. The van der Waals surface area contributed by atoms with Crippen LogP contribution in [0, 0.1) is 13.8 Å². The van der Waals surface area contributed by atoms with Crippen LogP contribution < -0.4 is 11.1 Å². The zero-order valence-corrected chi connectivity index (χ0v) is 21.2. The molecule has 4 aromatic heterocycles. The van der Waals surface area contributed by atoms with Gasteiger partial charge in [-0.05, 0) is 32.4 Å². The number of amides is 2. The summed E-state index contributed by atoms with van der Waals surface area (Å²) in [4.78, 5) is 29.2. The molecule has 0 aromatic carbocycles. The summed E-state index contributed by atoms with van der Waals surface area (Å²) in [5.74, 6) is -1.66. The largest absolute Gasteiger partial charge is 0.365 e. The van der Waals surface area contributed by atoms with Gasteiger partial charge in [0.05, 0.1) is 22.6 Å². The van der Waals surface area contributed by atoms with E-state index < -0.39 is 42.6 Å². The molecule has 9 nitrogen and oxygen atoms in total. The molecule has 2 amide bonds. The Labute approximate surface area is 216 Å². The van der Waals surface area contributed by atoms with Crippen molar-refractivity contribution < 1.29 is 27.2 Å². The highest BCUT2D eigenvalue weighted by molar-refractivity contribution is 7.21. The average Bonchev–Trinajstić information content (AvgIpc) is 3.48. The van der Waals surface area contributed by atoms with E-state index in [2.05, 4.69) is 20.5 Å². The van der Waals surface area contributed by atoms with Crippen molar-refractivity contribution in [3.05, 3.63) is 44.9 Å². The van der Waals surface area contributed by atoms with Gasteiger partial charge in [0.15, 0.2) is 0 Å². The average molecular weight is 558 g/mol. The van der Waals surface area contributed by atoms with Crippen LogP contribution in [0.25, 0.3) is 21.3 Å². The molecule has 4 aromatic rings. The quantitative estimate of drug-likeness (QED) is 0.286. The number of halogens is 5. The van der Waals surface area contributed by atoms with Crippen LogP contribution in [0.15, 0.2) is 12.3 Å². The lowest BCUT2D eigenvalue weighted by Crippen LogP contribution is -2.22. The summed E-state index contributed by atoms with van der Waals surface area (Å²) in [6.45, 7) is 5.04. The van der Waals surface area contributed by atoms with E-state index in [-0.39, 0.29) is 37.1 Å². The first-order chi connectivity index (χ1) is 17.4. The SMILES string of the molecule is CCn1ncc(-c2cc(C(F)F)nc3sc(C(N)=O)c(NC(=O)Cn4nc(C(F)F)c(Cl)c4C)c23)c1C. The number of rotatable bonds is 8. The Hall–Kier alpha value is -3.52. The summed E-state index contributed by atoms with van der Waals surface area (Å²) in [7, 11) is 0. The minimum atomic E-state index is -2.94. The number of fused-ring (bicyclic) bond motifs is 1. The number of primary amides is 1. The molecule has 37 heavy (non-hydrogen) atoms. The van der Waals surface area contributed by atoms with Gasteiger partial charge in [-0.2, -0.15) is 10.2 Å². The van der Waals surface area contributed by atoms with E-state index in [1.807, 2.05) is 6.92 Å². The number of carbonyl (C=O) groups excluding carboxylic acids is 2. The van der Waals surface area contributed by atoms with Crippen molar-refractivity contribution in [1.29, 1.82) is 0 Å². The van der Waals surface area contributed by atoms with Crippen LogP contribution in [0.1, 0.15) is 52.2 Å². The lowest BCUT2D eigenvalue weighted by atomic mass is 10.0. The second kappa shape index (κ2) is 10.1. The third-order valence-corrected chi connectivity index (χ3v) is 7.31. The van der Waals surface area contributed by atoms with E-state index >= 15 is 0 Å². The van der Waals surface area contributed by atoms with Crippen molar-refractivity contribution in [3.63, 3.8) is 0 Å². The smallest absolute Gasteiger partial charge is 0.283 e. The van der Waals surface area contributed by atoms with Crippen LogP contribution in [-0.2, 0) is 17.9 Å². The molecule has 0 saturated carbocycles. The molecule has 0 saturated heterocycles. The standard InChI is InChI=1S/C22H20ClF4N7O2S/c1-4-33-8(2)11(6-29-33)10-5-12(19(24)25)30-22-14(10)16(18(37-22)21(28)36)31-13(35)7-34-9(3)15(23)17(32-34)20(26)27/h5-6,19-20H,4,7H2,1-3H3,(H2,28,36)(H,31,35). The summed E-state index contributed by atoms with van der Waals surface area (Å²) in [6, 6.07) is 1.18. The van der Waals surface area contributed by atoms with Gasteiger partial charge in [-0.1, -0.05) is 11.6 Å². The zero-order valence-electron chi connectivity index (χ0n) is 19.7. The van der Waals surface area contributed by atoms with Crippen LogP contribution in [0.3, 0.4) is 0 Å². The van der Waals surface area contributed by atoms with Crippen LogP contribution in [0.4, 0.5) is 23.2 Å². The summed E-state index contributed by atoms with van der Waals surface area (Å²) >= 11 is 6.65. The topological polar surface area (TPSA) is 121 Å². The van der Waals surface area contributed by atoms with E-state index in [0.29, 0.717) is 17.8 Å². The van der Waals surface area contributed by atoms with Crippen LogP contribution in [0.2, 0.25) is 5.02 Å². The number of aromatic nitrogens is 5. The highest BCUT2D eigenvalue weighted by Crippen LogP contribution is 2.43. The minimum Gasteiger partial charge on any atom is -0.365 e. The van der Waals surface area contributed by atoms with Gasteiger partial charge in [0.25, 0.3) is 18.8 Å². The van der Waals surface area contributed by atoms with Crippen molar-refractivity contribution in [2.75, 3.05) is 5.32 Å². The number of nitrogens with one attached hydrogen (secondary N) is 1. The maximum atomic E-state index is 13.7. The van der Waals surface area contributed by atoms with E-state index in [0.717, 1.165) is 16.0 Å². The van der Waals surface area contributed by atoms with Crippen molar-refractivity contribution in [2.24, 2.45) is 5.73 Å². The Kier molecular flexibility index (Phi) is 7.24. The third-order valence-electron chi connectivity index (χ3n) is 5.74. The van der Waals surface area contributed by atoms with Gasteiger partial charge in [-0.15, -0.1) is 11.3 Å². The Morgan fingerprint density at radius 3 is 2.38 bits per heavy atom. The molecule has 4 rings (SSSR count). The number of thiophene rings is 1. The summed E-state index contributed by atoms with van der Waals surface area (Å²) in [5.41, 5.74) is 5.89. The number of aryl methyl sites for hydroxylation is 1. The van der Waals surface area contributed by atoms with E-state index in [4.69, 9.17) is 17.3 Å². The van der Waals surface area contributed by atoms with Gasteiger partial charge in [0, 0.05) is 23.2 Å². The lowest BCUT2D eigenvalue weighted by Gasteiger charge is -2.11. The molecule has 0 aliphatic carbocycles. The van der Waals surface area contributed by atoms with Crippen molar-refractivity contribution in [3.8, 4) is 11.1 Å². The molecule has 0 atom stereocenters. The zero-order chi connectivity index (χ0) is 27.2. The van der Waals surface area contributed by atoms with Gasteiger partial charge in [-0.3, -0.25) is 19.0 Å². The number of alkyl halides is 4. The minimum absolute atomic E-state index is 0.0329. The first-order valence-corrected chi connectivity index (χ1v) is 12.0. The number of hydrogen-bond acceptors (Lipinski definition) is 6. The van der Waals surface area contributed by atoms with E-state index in [1.165, 1.54) is 19.2 Å². The summed E-state index contributed by atoms with van der Waals surface area (Å²) < 4.78 is 56.4. The summed E-state index contributed by atoms with van der Waals surface area (Å²) in [6.07, 6.45) is -4.35. The normalized spacial score (nSPS) is 11.7. The molecule has 0 spiro atoms. The number of hydrogen-bond donors (Lipinski definition) is 2. The molecule has 0 aliphatic rings. The Morgan fingerprint density at radius 1 is 1.14 bits per heavy atom. The van der Waals surface area contributed by atoms with E-state index in [9.17, 15) is 27.2 Å². The van der Waals surface area contributed by atoms with Gasteiger partial charge in [0.2, 0.25) is 5.91 Å². The number of nitrogens with two attached hydrogens (primary N) is 1. The van der Waals surface area contributed by atoms with E-state index in [1.54, 1.807) is 11.6 Å². The molecule has 0 radical (unpaired) electrons. The molecule has 0 fully saturated rings. The van der Waals surface area contributed by atoms with Crippen LogP contribution in [0.5, 0.6) is 0 Å². The van der Waals surface area contributed by atoms with Crippen LogP contribution in [-0.4, -0.2) is 36.4 Å². The third kappa shape index (κ3) is 4.78. The fourth-order valence-electron chi connectivity index (χ4n) is 3.92. The molecule has 0 aliphatic heterocycles. The number of carbonyl (C=O) groups is 2. The van der Waals surface area contributed by atoms with Gasteiger partial charge < -0.3 is 11.1 Å². The van der Waals surface area contributed by atoms with Gasteiger partial charge in [0.1, 0.15) is 27.6 Å². The molecule has 15 heteroatoms. The van der Waals surface area contributed by atoms with Crippen molar-refractivity contribution in [1.82, 2.24) is 24.5 Å². The number of pyridine rings is 1. The molecular weight excluding hydrogens is 538 g/mol. The Bertz CT molecular complexity index is 1530. The maximum Gasteiger partial charge on any atom is 0.283 e. The van der Waals surface area contributed by atoms with Crippen LogP contribution >= 0.6 is 22.9 Å². The second-order valence-electron chi connectivity index (χ2n) is 8.00. The second-order valence-corrected chi connectivity index (χ2v) is 9.37. The van der Waals surface area contributed by atoms with Gasteiger partial charge in [-0.25, -0.2) is 22.5 Å². The predicted octanol–water partition coefficient (Wildman–Crippen LogP) is 5.26. The Balaban J connectivity index is 1.86. The molecule has 3 N–H and O–H groups in total. The van der Waals surface area contributed by atoms with Gasteiger partial charge >= 0.3 is 0 Å². The predicted molar refractivity (Wildman–Crippen MR) is 130 cm³/mol. The fourth-order valence-corrected chi connectivity index (χ4v) is 5.15. The lowest BCUT2D eigenvalue weighted by molar-refractivity contribution is -0.116. The molecular formula is C22H20ClF4N7O2S. The first-order valence-electron chi connectivity index (χ1n) is 10.8. The summed E-state index contributed by atoms with van der Waals surface area (Å²) in [5, 5.41) is 10.5. The molecule has 0 bridgehead atoms. The number of nitrogens with zero attached hydrogens (tertiary/aromatic N) is 5. The Morgan fingerprint density at radius 2 is 1.84 bits per heavy atom.